The van der Waals surface area contributed by atoms with E-state index >= 15 is 0 Å². The third-order valence-corrected chi connectivity index (χ3v) is 4.03. The molecule has 2 aliphatic rings. The van der Waals surface area contributed by atoms with E-state index in [2.05, 4.69) is 11.8 Å². The summed E-state index contributed by atoms with van der Waals surface area (Å²) in [5.74, 6) is -0.687. The van der Waals surface area contributed by atoms with E-state index in [1.165, 1.54) is 12.8 Å². The summed E-state index contributed by atoms with van der Waals surface area (Å²) in [6.07, 6.45) is 3.40. The molecular formula is C12H21NO3. The molecule has 2 fully saturated rings. The molecule has 4 heteroatoms. The van der Waals surface area contributed by atoms with Gasteiger partial charge >= 0.3 is 5.97 Å². The lowest BCUT2D eigenvalue weighted by atomic mass is 9.72. The van der Waals surface area contributed by atoms with Gasteiger partial charge in [-0.25, -0.2) is 0 Å². The van der Waals surface area contributed by atoms with Crippen molar-refractivity contribution < 1.29 is 14.6 Å². The van der Waals surface area contributed by atoms with E-state index in [4.69, 9.17) is 9.84 Å². The maximum absolute atomic E-state index is 10.5. The second-order valence-corrected chi connectivity index (χ2v) is 5.30. The Hall–Kier alpha value is -0.610. The Balaban J connectivity index is 1.72. The van der Waals surface area contributed by atoms with Crippen molar-refractivity contribution in [2.75, 3.05) is 26.3 Å². The molecule has 0 bridgehead atoms. The summed E-state index contributed by atoms with van der Waals surface area (Å²) < 4.78 is 5.38. The van der Waals surface area contributed by atoms with Crippen LogP contribution in [0.3, 0.4) is 0 Å². The van der Waals surface area contributed by atoms with E-state index in [1.54, 1.807) is 0 Å². The minimum absolute atomic E-state index is 0.285. The van der Waals surface area contributed by atoms with Crippen molar-refractivity contribution in [3.8, 4) is 0 Å². The number of ether oxygens (including phenoxy) is 1. The number of carboxylic acids is 1. The van der Waals surface area contributed by atoms with Crippen molar-refractivity contribution >= 4 is 5.97 Å². The first-order chi connectivity index (χ1) is 7.61. The lowest BCUT2D eigenvalue weighted by Crippen LogP contribution is -2.60. The summed E-state index contributed by atoms with van der Waals surface area (Å²) in [4.78, 5) is 12.9. The topological polar surface area (TPSA) is 49.8 Å². The highest BCUT2D eigenvalue weighted by molar-refractivity contribution is 5.66. The molecular weight excluding hydrogens is 206 g/mol. The summed E-state index contributed by atoms with van der Waals surface area (Å²) in [6.45, 7) is 6.21. The molecule has 1 unspecified atom stereocenters. The number of hydrogen-bond donors (Lipinski definition) is 1. The van der Waals surface area contributed by atoms with Crippen LogP contribution < -0.4 is 0 Å². The van der Waals surface area contributed by atoms with E-state index in [-0.39, 0.29) is 6.42 Å². The lowest BCUT2D eigenvalue weighted by Gasteiger charge is -2.54. The van der Waals surface area contributed by atoms with Gasteiger partial charge in [-0.05, 0) is 26.2 Å². The Kier molecular flexibility index (Phi) is 3.50. The van der Waals surface area contributed by atoms with Crippen LogP contribution in [0.25, 0.3) is 0 Å². The van der Waals surface area contributed by atoms with Gasteiger partial charge in [-0.3, -0.25) is 9.69 Å². The molecule has 1 N–H and O–H groups in total. The number of hydrogen-bond acceptors (Lipinski definition) is 3. The Morgan fingerprint density at radius 2 is 2.06 bits per heavy atom. The molecule has 0 aromatic heterocycles. The molecule has 1 atom stereocenters. The van der Waals surface area contributed by atoms with Crippen LogP contribution in [0.2, 0.25) is 0 Å². The molecule has 2 aliphatic heterocycles. The Labute approximate surface area is 96.6 Å². The Bertz CT molecular complexity index is 253. The standard InChI is InChI=1S/C12H21NO3/c1-10(2-3-11(14)15)13-8-12(9-13)4-6-16-7-5-12/h10H,2-9H2,1H3,(H,14,15). The third kappa shape index (κ3) is 2.55. The Morgan fingerprint density at radius 3 is 2.62 bits per heavy atom. The SMILES string of the molecule is CC(CCC(=O)O)N1CC2(CCOCC2)C1. The van der Waals surface area contributed by atoms with E-state index < -0.39 is 5.97 Å². The largest absolute Gasteiger partial charge is 0.481 e. The van der Waals surface area contributed by atoms with Crippen molar-refractivity contribution in [3.63, 3.8) is 0 Å². The van der Waals surface area contributed by atoms with Crippen molar-refractivity contribution in [2.45, 2.75) is 38.6 Å². The van der Waals surface area contributed by atoms with Gasteiger partial charge in [-0.15, -0.1) is 0 Å². The fraction of sp³-hybridized carbons (Fsp3) is 0.917. The molecule has 0 radical (unpaired) electrons. The normalized spacial score (nSPS) is 26.3. The van der Waals surface area contributed by atoms with Crippen LogP contribution in [0.5, 0.6) is 0 Å². The van der Waals surface area contributed by atoms with Crippen LogP contribution in [0.1, 0.15) is 32.6 Å². The Morgan fingerprint density at radius 1 is 1.44 bits per heavy atom. The van der Waals surface area contributed by atoms with Gasteiger partial charge in [0.05, 0.1) is 0 Å². The number of likely N-dealkylation sites (tertiary alicyclic amines) is 1. The van der Waals surface area contributed by atoms with Crippen molar-refractivity contribution in [3.05, 3.63) is 0 Å². The predicted molar refractivity (Wildman–Crippen MR) is 60.4 cm³/mol. The highest BCUT2D eigenvalue weighted by Gasteiger charge is 2.44. The van der Waals surface area contributed by atoms with Crippen molar-refractivity contribution in [1.82, 2.24) is 4.90 Å². The molecule has 0 saturated carbocycles. The van der Waals surface area contributed by atoms with Crippen LogP contribution in [-0.4, -0.2) is 48.3 Å². The number of nitrogens with zero attached hydrogens (tertiary/aromatic N) is 1. The van der Waals surface area contributed by atoms with Gasteiger partial charge in [-0.2, -0.15) is 0 Å². The van der Waals surface area contributed by atoms with Gasteiger partial charge in [-0.1, -0.05) is 0 Å². The summed E-state index contributed by atoms with van der Waals surface area (Å²) in [6, 6.07) is 0.407. The molecule has 0 aliphatic carbocycles. The molecule has 2 heterocycles. The summed E-state index contributed by atoms with van der Waals surface area (Å²) in [7, 11) is 0. The van der Waals surface area contributed by atoms with Gasteiger partial charge in [0, 0.05) is 44.2 Å². The molecule has 1 spiro atoms. The molecule has 0 amide bonds. The molecule has 0 aromatic carbocycles. The molecule has 4 nitrogen and oxygen atoms in total. The third-order valence-electron chi connectivity index (χ3n) is 4.03. The van der Waals surface area contributed by atoms with Crippen LogP contribution in [0.15, 0.2) is 0 Å². The maximum atomic E-state index is 10.5. The van der Waals surface area contributed by atoms with E-state index in [0.717, 1.165) is 32.7 Å². The first kappa shape index (κ1) is 11.9. The average Bonchev–Trinajstić information content (AvgIpc) is 2.23. The number of carbonyl (C=O) groups is 1. The van der Waals surface area contributed by atoms with Crippen molar-refractivity contribution in [2.24, 2.45) is 5.41 Å². The maximum Gasteiger partial charge on any atom is 0.303 e. The predicted octanol–water partition coefficient (Wildman–Crippen LogP) is 1.35. The van der Waals surface area contributed by atoms with Gasteiger partial charge in [0.15, 0.2) is 0 Å². The van der Waals surface area contributed by atoms with Crippen LogP contribution in [0, 0.1) is 5.41 Å². The van der Waals surface area contributed by atoms with Crippen LogP contribution >= 0.6 is 0 Å². The fourth-order valence-corrected chi connectivity index (χ4v) is 2.76. The quantitative estimate of drug-likeness (QED) is 0.787. The first-order valence-electron chi connectivity index (χ1n) is 6.15. The van der Waals surface area contributed by atoms with Gasteiger partial charge in [0.25, 0.3) is 0 Å². The minimum Gasteiger partial charge on any atom is -0.481 e. The monoisotopic (exact) mass is 227 g/mol. The zero-order valence-electron chi connectivity index (χ0n) is 9.95. The highest BCUT2D eigenvalue weighted by Crippen LogP contribution is 2.41. The van der Waals surface area contributed by atoms with Crippen molar-refractivity contribution in [1.29, 1.82) is 0 Å². The van der Waals surface area contributed by atoms with E-state index in [0.29, 0.717) is 11.5 Å². The second kappa shape index (κ2) is 4.72. The van der Waals surface area contributed by atoms with Crippen LogP contribution in [-0.2, 0) is 9.53 Å². The van der Waals surface area contributed by atoms with Gasteiger partial charge in [0.1, 0.15) is 0 Å². The zero-order chi connectivity index (χ0) is 11.6. The molecule has 0 aromatic rings. The zero-order valence-corrected chi connectivity index (χ0v) is 9.95. The van der Waals surface area contributed by atoms with Gasteiger partial charge < -0.3 is 9.84 Å². The first-order valence-corrected chi connectivity index (χ1v) is 6.15. The highest BCUT2D eigenvalue weighted by atomic mass is 16.5. The summed E-state index contributed by atoms with van der Waals surface area (Å²) in [5.41, 5.74) is 0.496. The minimum atomic E-state index is -0.687. The van der Waals surface area contributed by atoms with Crippen LogP contribution in [0.4, 0.5) is 0 Å². The second-order valence-electron chi connectivity index (χ2n) is 5.30. The lowest BCUT2D eigenvalue weighted by molar-refractivity contribution is -0.138. The number of aliphatic carboxylic acids is 1. The fourth-order valence-electron chi connectivity index (χ4n) is 2.76. The number of rotatable bonds is 4. The van der Waals surface area contributed by atoms with Gasteiger partial charge in [0.2, 0.25) is 0 Å². The average molecular weight is 227 g/mol. The van der Waals surface area contributed by atoms with E-state index in [9.17, 15) is 4.79 Å². The summed E-state index contributed by atoms with van der Waals surface area (Å²) in [5, 5.41) is 8.64. The molecule has 92 valence electrons. The molecule has 2 saturated heterocycles. The summed E-state index contributed by atoms with van der Waals surface area (Å²) >= 11 is 0. The molecule has 16 heavy (non-hydrogen) atoms. The number of carboxylic acid groups (broad SMARTS) is 1. The smallest absolute Gasteiger partial charge is 0.303 e. The van der Waals surface area contributed by atoms with E-state index in [1.807, 2.05) is 0 Å². The molecule has 2 rings (SSSR count).